The highest BCUT2D eigenvalue weighted by Crippen LogP contribution is 2.29. The summed E-state index contributed by atoms with van der Waals surface area (Å²) >= 11 is 0.937. The van der Waals surface area contributed by atoms with Crippen LogP contribution in [0.2, 0.25) is 0 Å². The minimum absolute atomic E-state index is 0.110. The summed E-state index contributed by atoms with van der Waals surface area (Å²) in [6.07, 6.45) is 9.63. The number of nitrogens with zero attached hydrogens (tertiary/aromatic N) is 8. The molecule has 0 fully saturated rings. The van der Waals surface area contributed by atoms with Gasteiger partial charge in [-0.3, -0.25) is 44.2 Å². The summed E-state index contributed by atoms with van der Waals surface area (Å²) in [5.41, 5.74) is 2.80. The highest BCUT2D eigenvalue weighted by atomic mass is 32.1. The van der Waals surface area contributed by atoms with Crippen LogP contribution in [-0.4, -0.2) is 122 Å². The minimum Gasteiger partial charge on any atom is -0.351 e. The molecule has 0 bridgehead atoms. The Kier molecular flexibility index (Phi) is 20.8. The van der Waals surface area contributed by atoms with E-state index >= 15 is 0 Å². The molecule has 5 rings (SSSR count). The molecule has 0 aliphatic carbocycles. The Balaban J connectivity index is 0.000000319. The fourth-order valence-electron chi connectivity index (χ4n) is 7.18. The lowest BCUT2D eigenvalue weighted by atomic mass is 10.1. The van der Waals surface area contributed by atoms with Crippen molar-refractivity contribution in [3.05, 3.63) is 109 Å². The summed E-state index contributed by atoms with van der Waals surface area (Å²) < 4.78 is 6.67. The molecule has 5 aromatic heterocycles. The van der Waals surface area contributed by atoms with Gasteiger partial charge >= 0.3 is 5.00 Å². The van der Waals surface area contributed by atoms with Crippen molar-refractivity contribution in [3.8, 4) is 0 Å². The predicted octanol–water partition coefficient (Wildman–Crippen LogP) is 7.05. The number of thiophene rings is 1. The van der Waals surface area contributed by atoms with Crippen molar-refractivity contribution in [1.29, 1.82) is 0 Å². The zero-order valence-corrected chi connectivity index (χ0v) is 43.4. The van der Waals surface area contributed by atoms with Gasteiger partial charge in [0, 0.05) is 75.9 Å². The number of nitro groups is 2. The van der Waals surface area contributed by atoms with Crippen molar-refractivity contribution in [2.45, 2.75) is 73.4 Å². The maximum Gasteiger partial charge on any atom is 0.325 e. The molecule has 22 nitrogen and oxygen atoms in total. The smallest absolute Gasteiger partial charge is 0.325 e. The second-order valence-electron chi connectivity index (χ2n) is 18.7. The van der Waals surface area contributed by atoms with Gasteiger partial charge in [-0.2, -0.15) is 0 Å². The number of hydrogen-bond acceptors (Lipinski definition) is 12. The third-order valence-corrected chi connectivity index (χ3v) is 12.1. The largest absolute Gasteiger partial charge is 0.351 e. The van der Waals surface area contributed by atoms with Gasteiger partial charge in [-0.25, -0.2) is 0 Å². The Labute approximate surface area is 418 Å². The topological polar surface area (TPSA) is 258 Å². The molecule has 386 valence electrons. The number of rotatable bonds is 24. The molecule has 71 heavy (non-hydrogen) atoms. The summed E-state index contributed by atoms with van der Waals surface area (Å²) in [6, 6.07) is 7.32. The fourth-order valence-corrected chi connectivity index (χ4v) is 8.01. The number of nitrogens with one attached hydrogen (secondary N) is 5. The van der Waals surface area contributed by atoms with E-state index < -0.39 is 27.6 Å². The van der Waals surface area contributed by atoms with E-state index in [4.69, 9.17) is 0 Å². The number of carbonyl (C=O) groups is 5. The van der Waals surface area contributed by atoms with Crippen molar-refractivity contribution in [2.75, 3.05) is 70.3 Å². The van der Waals surface area contributed by atoms with Gasteiger partial charge in [0.2, 0.25) is 0 Å². The number of carbonyl (C=O) groups excluding carboxylic acids is 5. The fraction of sp³-hybridized carbons (Fsp3) is 0.479. The lowest BCUT2D eigenvalue weighted by Gasteiger charge is -2.10. The third-order valence-electron chi connectivity index (χ3n) is 11.1. The van der Waals surface area contributed by atoms with Gasteiger partial charge < -0.3 is 54.7 Å². The molecular weight excluding hydrogens is 935 g/mol. The lowest BCUT2D eigenvalue weighted by Crippen LogP contribution is -2.28. The van der Waals surface area contributed by atoms with Crippen LogP contribution in [0.15, 0.2) is 55.1 Å². The first kappa shape index (κ1) is 56.5. The van der Waals surface area contributed by atoms with E-state index in [0.29, 0.717) is 77.0 Å². The number of aromatic nitrogens is 4. The molecule has 5 heterocycles. The minimum atomic E-state index is -0.525. The van der Waals surface area contributed by atoms with Crippen LogP contribution in [0.1, 0.15) is 111 Å². The monoisotopic (exact) mass is 1000 g/mol. The van der Waals surface area contributed by atoms with Crippen molar-refractivity contribution in [1.82, 2.24) is 38.7 Å². The zero-order valence-electron chi connectivity index (χ0n) is 42.6. The van der Waals surface area contributed by atoms with E-state index in [1.807, 2.05) is 38.0 Å². The van der Waals surface area contributed by atoms with Gasteiger partial charge in [-0.05, 0) is 104 Å². The first-order valence-electron chi connectivity index (χ1n) is 23.4. The maximum absolute atomic E-state index is 13.3. The number of anilines is 3. The second kappa shape index (κ2) is 26.2. The Morgan fingerprint density at radius 1 is 0.592 bits per heavy atom. The third kappa shape index (κ3) is 17.1. The molecule has 0 unspecified atom stereocenters. The first-order chi connectivity index (χ1) is 33.4. The molecule has 0 aliphatic rings. The van der Waals surface area contributed by atoms with Gasteiger partial charge in [0.1, 0.15) is 22.8 Å². The van der Waals surface area contributed by atoms with Crippen LogP contribution in [0, 0.1) is 39.0 Å². The second-order valence-corrected chi connectivity index (χ2v) is 19.9. The van der Waals surface area contributed by atoms with Crippen molar-refractivity contribution >= 4 is 68.6 Å². The standard InChI is InChI=1S/C27H37N7O5S.C21H32N6O4/c1-17(2)8-11-33-16-20(29-25(35)21-14-24(34(38)39)40-18(21)3)13-23(33)27(37)30-19-12-22(32(6)15-19)26(36)28-9-7-10-31(4)5;1-15(2)7-10-26-14-17(27(30)31)12-19(26)21(29)23-16-11-18(25(5)13-16)20(28)22-8-6-9-24(3)4/h12-17H,7-11H2,1-6H3,(H,28,36)(H,29,35)(H,30,37);11-15H,6-10H2,1-5H3,(H,22,28)(H,23,29). The molecule has 5 aromatic rings. The number of amides is 5. The van der Waals surface area contributed by atoms with Crippen molar-refractivity contribution < 1.29 is 33.8 Å². The summed E-state index contributed by atoms with van der Waals surface area (Å²) in [5, 5.41) is 36.3. The molecule has 0 aliphatic heterocycles. The van der Waals surface area contributed by atoms with Gasteiger partial charge in [-0.1, -0.05) is 39.0 Å². The normalized spacial score (nSPS) is 11.2. The molecule has 0 aromatic carbocycles. The maximum atomic E-state index is 13.3. The molecule has 5 amide bonds. The van der Waals surface area contributed by atoms with Crippen LogP contribution < -0.4 is 26.6 Å². The van der Waals surface area contributed by atoms with Crippen molar-refractivity contribution in [3.63, 3.8) is 0 Å². The lowest BCUT2D eigenvalue weighted by molar-refractivity contribution is -0.384. The molecule has 23 heteroatoms. The first-order valence-corrected chi connectivity index (χ1v) is 24.2. The van der Waals surface area contributed by atoms with E-state index in [1.54, 1.807) is 76.1 Å². The van der Waals surface area contributed by atoms with E-state index in [0.717, 1.165) is 50.1 Å². The molecular formula is C48H69N13O9S. The molecule has 0 radical (unpaired) electrons. The van der Waals surface area contributed by atoms with E-state index in [2.05, 4.69) is 54.3 Å². The average Bonchev–Trinajstić information content (AvgIpc) is 4.13. The summed E-state index contributed by atoms with van der Waals surface area (Å²) in [4.78, 5) is 89.9. The summed E-state index contributed by atoms with van der Waals surface area (Å²) in [7, 11) is 11.4. The van der Waals surface area contributed by atoms with Gasteiger partial charge in [-0.15, -0.1) is 0 Å². The number of hydrogen-bond donors (Lipinski definition) is 5. The molecule has 0 saturated heterocycles. The Morgan fingerprint density at radius 3 is 1.44 bits per heavy atom. The van der Waals surface area contributed by atoms with Gasteiger partial charge in [0.25, 0.3) is 35.2 Å². The van der Waals surface area contributed by atoms with E-state index in [-0.39, 0.29) is 33.8 Å². The molecule has 5 N–H and O–H groups in total. The van der Waals surface area contributed by atoms with Gasteiger partial charge in [0.15, 0.2) is 0 Å². The average molecular weight is 1000 g/mol. The molecule has 0 atom stereocenters. The van der Waals surface area contributed by atoms with Gasteiger partial charge in [0.05, 0.1) is 38.7 Å². The van der Waals surface area contributed by atoms with Crippen LogP contribution in [0.4, 0.5) is 27.8 Å². The Bertz CT molecular complexity index is 2670. The SMILES string of the molecule is CC(C)CCn1cc([N+](=O)[O-])cc1C(=O)Nc1cc(C(=O)NCCCN(C)C)n(C)c1.Cc1sc([N+](=O)[O-])cc1C(=O)Nc1cc(C(=O)Nc2cc(C(=O)NCCCN(C)C)n(C)c2)n(CCC(C)C)c1. The summed E-state index contributed by atoms with van der Waals surface area (Å²) in [6.45, 7) is 13.8. The highest BCUT2D eigenvalue weighted by Gasteiger charge is 2.24. The van der Waals surface area contributed by atoms with Crippen LogP contribution in [-0.2, 0) is 27.2 Å². The Hall–Kier alpha value is -7.11. The highest BCUT2D eigenvalue weighted by molar-refractivity contribution is 7.15. The number of aryl methyl sites for hydroxylation is 5. The molecule has 0 saturated carbocycles. The molecule has 0 spiro atoms. The van der Waals surface area contributed by atoms with Crippen molar-refractivity contribution in [2.24, 2.45) is 25.9 Å². The summed E-state index contributed by atoms with van der Waals surface area (Å²) in [5.74, 6) is -1.01. The van der Waals surface area contributed by atoms with Crippen LogP contribution in [0.5, 0.6) is 0 Å². The Morgan fingerprint density at radius 2 is 1.01 bits per heavy atom. The predicted molar refractivity (Wildman–Crippen MR) is 276 cm³/mol. The van der Waals surface area contributed by atoms with Crippen LogP contribution >= 0.6 is 11.3 Å². The zero-order chi connectivity index (χ0) is 52.7. The van der Waals surface area contributed by atoms with E-state index in [1.165, 1.54) is 18.3 Å². The van der Waals surface area contributed by atoms with Crippen LogP contribution in [0.3, 0.4) is 0 Å². The van der Waals surface area contributed by atoms with E-state index in [9.17, 15) is 44.2 Å². The quantitative estimate of drug-likeness (QED) is 0.0238. The van der Waals surface area contributed by atoms with Crippen LogP contribution in [0.25, 0.3) is 0 Å².